The number of fused-ring (bicyclic) bond motifs is 1. The molecule has 0 aliphatic carbocycles. The lowest BCUT2D eigenvalue weighted by molar-refractivity contribution is 0.346. The maximum Gasteiger partial charge on any atom is -0.000506 e. The quantitative estimate of drug-likeness (QED) is 0.780. The lowest BCUT2D eigenvalue weighted by atomic mass is 9.93. The van der Waals surface area contributed by atoms with Crippen molar-refractivity contribution in [1.29, 1.82) is 0 Å². The smallest absolute Gasteiger partial charge is 0.000506 e. The van der Waals surface area contributed by atoms with Gasteiger partial charge >= 0.3 is 0 Å². The molecule has 0 radical (unpaired) electrons. The lowest BCUT2D eigenvalue weighted by Gasteiger charge is -2.27. The zero-order chi connectivity index (χ0) is 10.1. The van der Waals surface area contributed by atoms with Crippen LogP contribution in [0.2, 0.25) is 0 Å². The van der Waals surface area contributed by atoms with Gasteiger partial charge in [-0.15, -0.1) is 0 Å². The first-order valence-electron chi connectivity index (χ1n) is 5.60. The number of rotatable bonds is 2. The molecule has 1 N–H and O–H groups in total. The van der Waals surface area contributed by atoms with Crippen LogP contribution >= 0.6 is 0 Å². The Labute approximate surface area is 90.1 Å². The van der Waals surface area contributed by atoms with Gasteiger partial charge in [-0.1, -0.05) is 42.5 Å². The van der Waals surface area contributed by atoms with E-state index in [2.05, 4.69) is 47.8 Å². The molecule has 0 amide bonds. The van der Waals surface area contributed by atoms with Gasteiger partial charge in [-0.25, -0.2) is 0 Å². The van der Waals surface area contributed by atoms with Gasteiger partial charge in [0.1, 0.15) is 0 Å². The van der Waals surface area contributed by atoms with Crippen molar-refractivity contribution in [3.8, 4) is 0 Å². The summed E-state index contributed by atoms with van der Waals surface area (Å²) in [5.74, 6) is 0.853. The minimum atomic E-state index is 0.853. The van der Waals surface area contributed by atoms with Gasteiger partial charge in [0, 0.05) is 0 Å². The molecular weight excluding hydrogens is 182 g/mol. The fraction of sp³-hybridized carbons (Fsp3) is 0.286. The summed E-state index contributed by atoms with van der Waals surface area (Å²) >= 11 is 0. The lowest BCUT2D eigenvalue weighted by Crippen LogP contribution is -2.43. The summed E-state index contributed by atoms with van der Waals surface area (Å²) in [5, 5.41) is 6.02. The Morgan fingerprint density at radius 1 is 1.00 bits per heavy atom. The van der Waals surface area contributed by atoms with Crippen LogP contribution in [0.25, 0.3) is 10.8 Å². The van der Waals surface area contributed by atoms with Gasteiger partial charge < -0.3 is 5.32 Å². The van der Waals surface area contributed by atoms with E-state index in [4.69, 9.17) is 0 Å². The number of benzene rings is 2. The van der Waals surface area contributed by atoms with Crippen LogP contribution in [0.1, 0.15) is 5.56 Å². The standard InChI is InChI=1S/C14H15N/c1-2-4-14-8-11(5-6-13(14)3-1)7-12-9-15-10-12/h1-6,8,12,15H,7,9-10H2. The second-order valence-electron chi connectivity index (χ2n) is 4.41. The fourth-order valence-corrected chi connectivity index (χ4v) is 2.19. The summed E-state index contributed by atoms with van der Waals surface area (Å²) < 4.78 is 0. The van der Waals surface area contributed by atoms with E-state index in [0.717, 1.165) is 5.92 Å². The molecule has 1 fully saturated rings. The van der Waals surface area contributed by atoms with E-state index in [1.807, 2.05) is 0 Å². The Balaban J connectivity index is 1.91. The molecule has 0 spiro atoms. The third-order valence-electron chi connectivity index (χ3n) is 3.20. The van der Waals surface area contributed by atoms with Gasteiger partial charge in [0.15, 0.2) is 0 Å². The monoisotopic (exact) mass is 197 g/mol. The molecule has 0 saturated carbocycles. The summed E-state index contributed by atoms with van der Waals surface area (Å²) in [7, 11) is 0. The molecule has 15 heavy (non-hydrogen) atoms. The molecule has 3 rings (SSSR count). The topological polar surface area (TPSA) is 12.0 Å². The van der Waals surface area contributed by atoms with Crippen molar-refractivity contribution in [2.75, 3.05) is 13.1 Å². The average molecular weight is 197 g/mol. The highest BCUT2D eigenvalue weighted by Gasteiger charge is 2.16. The van der Waals surface area contributed by atoms with Crippen LogP contribution in [0, 0.1) is 5.92 Å². The van der Waals surface area contributed by atoms with Crippen molar-refractivity contribution in [2.45, 2.75) is 6.42 Å². The minimum Gasteiger partial charge on any atom is -0.316 e. The Bertz CT molecular complexity index is 471. The molecule has 76 valence electrons. The van der Waals surface area contributed by atoms with Gasteiger partial charge in [0.25, 0.3) is 0 Å². The summed E-state index contributed by atoms with van der Waals surface area (Å²) in [6.45, 7) is 2.37. The third kappa shape index (κ3) is 1.75. The van der Waals surface area contributed by atoms with Crippen molar-refractivity contribution < 1.29 is 0 Å². The Kier molecular flexibility index (Phi) is 2.18. The highest BCUT2D eigenvalue weighted by molar-refractivity contribution is 5.82. The predicted molar refractivity (Wildman–Crippen MR) is 64.0 cm³/mol. The number of hydrogen-bond donors (Lipinski definition) is 1. The molecule has 1 heteroatoms. The Hall–Kier alpha value is -1.34. The van der Waals surface area contributed by atoms with Crippen LogP contribution in [0.4, 0.5) is 0 Å². The SMILES string of the molecule is c1ccc2cc(CC3CNC3)ccc2c1. The van der Waals surface area contributed by atoms with Gasteiger partial charge in [0.2, 0.25) is 0 Å². The van der Waals surface area contributed by atoms with Gasteiger partial charge in [-0.3, -0.25) is 0 Å². The molecule has 0 unspecified atom stereocenters. The summed E-state index contributed by atoms with van der Waals surface area (Å²) in [4.78, 5) is 0. The van der Waals surface area contributed by atoms with Crippen LogP contribution in [0.3, 0.4) is 0 Å². The molecule has 2 aromatic rings. The molecular formula is C14H15N. The molecule has 1 nitrogen and oxygen atoms in total. The van der Waals surface area contributed by atoms with E-state index >= 15 is 0 Å². The zero-order valence-corrected chi connectivity index (χ0v) is 8.74. The molecule has 0 aromatic heterocycles. The highest BCUT2D eigenvalue weighted by Crippen LogP contribution is 2.19. The van der Waals surface area contributed by atoms with Crippen LogP contribution in [0.5, 0.6) is 0 Å². The summed E-state index contributed by atoms with van der Waals surface area (Å²) in [5.41, 5.74) is 1.47. The molecule has 1 heterocycles. The largest absolute Gasteiger partial charge is 0.316 e. The molecule has 0 atom stereocenters. The van der Waals surface area contributed by atoms with Crippen LogP contribution < -0.4 is 5.32 Å². The van der Waals surface area contributed by atoms with Gasteiger partial charge in [-0.05, 0) is 41.8 Å². The fourth-order valence-electron chi connectivity index (χ4n) is 2.19. The van der Waals surface area contributed by atoms with Gasteiger partial charge in [0.05, 0.1) is 0 Å². The molecule has 2 aromatic carbocycles. The first kappa shape index (κ1) is 8.93. The van der Waals surface area contributed by atoms with Crippen molar-refractivity contribution in [1.82, 2.24) is 5.32 Å². The van der Waals surface area contributed by atoms with Crippen LogP contribution in [-0.2, 0) is 6.42 Å². The normalized spacial score (nSPS) is 16.5. The number of nitrogens with one attached hydrogen (secondary N) is 1. The van der Waals surface area contributed by atoms with Crippen LogP contribution in [0.15, 0.2) is 42.5 Å². The first-order valence-corrected chi connectivity index (χ1v) is 5.60. The van der Waals surface area contributed by atoms with E-state index in [-0.39, 0.29) is 0 Å². The van der Waals surface area contributed by atoms with Crippen molar-refractivity contribution in [3.63, 3.8) is 0 Å². The van der Waals surface area contributed by atoms with Crippen molar-refractivity contribution in [2.24, 2.45) is 5.92 Å². The molecule has 1 aliphatic rings. The van der Waals surface area contributed by atoms with E-state index in [0.29, 0.717) is 0 Å². The highest BCUT2D eigenvalue weighted by atomic mass is 14.9. The predicted octanol–water partition coefficient (Wildman–Crippen LogP) is 2.60. The summed E-state index contributed by atoms with van der Waals surface area (Å²) in [6.07, 6.45) is 1.22. The minimum absolute atomic E-state index is 0.853. The first-order chi connectivity index (χ1) is 7.42. The van der Waals surface area contributed by atoms with E-state index < -0.39 is 0 Å². The third-order valence-corrected chi connectivity index (χ3v) is 3.20. The van der Waals surface area contributed by atoms with Crippen LogP contribution in [-0.4, -0.2) is 13.1 Å². The summed E-state index contributed by atoms with van der Waals surface area (Å²) in [6, 6.07) is 15.4. The Morgan fingerprint density at radius 2 is 1.80 bits per heavy atom. The maximum absolute atomic E-state index is 3.32. The van der Waals surface area contributed by atoms with Gasteiger partial charge in [-0.2, -0.15) is 0 Å². The second-order valence-corrected chi connectivity index (χ2v) is 4.41. The molecule has 1 saturated heterocycles. The second kappa shape index (κ2) is 3.67. The Morgan fingerprint density at radius 3 is 2.53 bits per heavy atom. The van der Waals surface area contributed by atoms with Crippen molar-refractivity contribution in [3.05, 3.63) is 48.0 Å². The van der Waals surface area contributed by atoms with E-state index in [9.17, 15) is 0 Å². The van der Waals surface area contributed by atoms with Crippen molar-refractivity contribution >= 4 is 10.8 Å². The van der Waals surface area contributed by atoms with E-state index in [1.165, 1.54) is 35.8 Å². The maximum atomic E-state index is 3.32. The molecule has 1 aliphatic heterocycles. The zero-order valence-electron chi connectivity index (χ0n) is 8.74. The van der Waals surface area contributed by atoms with E-state index in [1.54, 1.807) is 0 Å². The average Bonchev–Trinajstić information content (AvgIpc) is 2.23. The molecule has 0 bridgehead atoms. The number of hydrogen-bond acceptors (Lipinski definition) is 1.